The summed E-state index contributed by atoms with van der Waals surface area (Å²) in [6, 6.07) is 26.1. The first-order chi connectivity index (χ1) is 16.1. The van der Waals surface area contributed by atoms with Crippen LogP contribution in [0.3, 0.4) is 0 Å². The number of anilines is 1. The number of nitrogens with zero attached hydrogens (tertiary/aromatic N) is 1. The number of ketones is 1. The van der Waals surface area contributed by atoms with Crippen molar-refractivity contribution >= 4 is 34.7 Å². The molecule has 0 spiro atoms. The molecule has 1 atom stereocenters. The number of hydrogen-bond donors (Lipinski definition) is 2. The topological polar surface area (TPSA) is 64.4 Å². The van der Waals surface area contributed by atoms with Gasteiger partial charge in [0.2, 0.25) is 0 Å². The second-order valence-corrected chi connectivity index (χ2v) is 8.71. The van der Waals surface area contributed by atoms with E-state index in [9.17, 15) is 15.3 Å². The Labute approximate surface area is 198 Å². The average molecular weight is 455 g/mol. The number of aliphatic hydroxyl groups is 1. The van der Waals surface area contributed by atoms with E-state index in [0.29, 0.717) is 34.6 Å². The third-order valence-corrected chi connectivity index (χ3v) is 6.53. The summed E-state index contributed by atoms with van der Waals surface area (Å²) in [4.78, 5) is 15.2. The molecule has 1 aliphatic heterocycles. The van der Waals surface area contributed by atoms with Crippen LogP contribution in [0.5, 0.6) is 0 Å². The van der Waals surface area contributed by atoms with E-state index in [-0.39, 0.29) is 17.4 Å². The van der Waals surface area contributed by atoms with Crippen LogP contribution in [0.2, 0.25) is 5.02 Å². The van der Waals surface area contributed by atoms with Crippen molar-refractivity contribution in [1.82, 2.24) is 0 Å². The van der Waals surface area contributed by atoms with Crippen LogP contribution < -0.4 is 4.90 Å². The van der Waals surface area contributed by atoms with Crippen LogP contribution in [0.15, 0.2) is 102 Å². The van der Waals surface area contributed by atoms with Gasteiger partial charge in [0, 0.05) is 45.5 Å². The molecule has 0 fully saturated rings. The summed E-state index contributed by atoms with van der Waals surface area (Å²) >= 11 is 6.15. The lowest BCUT2D eigenvalue weighted by Gasteiger charge is -2.41. The molecule has 2 N–H and O–H groups in total. The number of hydrogen-bond acceptors (Lipinski definition) is 3. The van der Waals surface area contributed by atoms with Gasteiger partial charge in [-0.25, -0.2) is 0 Å². The first-order valence-electron chi connectivity index (χ1n) is 11.0. The largest absolute Gasteiger partial charge is 0.507 e. The number of carbonyl (C=O) groups excluding carboxylic acids is 1. The van der Waals surface area contributed by atoms with Gasteiger partial charge in [-0.2, -0.15) is 0 Å². The fourth-order valence-electron chi connectivity index (χ4n) is 4.79. The van der Waals surface area contributed by atoms with Gasteiger partial charge in [0.15, 0.2) is 5.78 Å². The molecule has 164 valence electrons. The molecule has 1 heterocycles. The van der Waals surface area contributed by atoms with Crippen LogP contribution in [-0.4, -0.2) is 16.7 Å². The molecule has 0 aromatic heterocycles. The van der Waals surface area contributed by atoms with Gasteiger partial charge < -0.3 is 5.11 Å². The summed E-state index contributed by atoms with van der Waals surface area (Å²) in [5.74, 6) is -0.303. The summed E-state index contributed by atoms with van der Waals surface area (Å²) < 4.78 is 0. The van der Waals surface area contributed by atoms with Crippen LogP contribution in [0.4, 0.5) is 5.69 Å². The third kappa shape index (κ3) is 3.77. The third-order valence-electron chi connectivity index (χ3n) is 6.27. The monoisotopic (exact) mass is 454 g/mol. The Morgan fingerprint density at radius 3 is 2.21 bits per heavy atom. The molecule has 0 amide bonds. The summed E-state index contributed by atoms with van der Waals surface area (Å²) in [5, 5.41) is 21.4. The molecule has 0 unspecified atom stereocenters. The van der Waals surface area contributed by atoms with Crippen LogP contribution >= 0.6 is 11.6 Å². The van der Waals surface area contributed by atoms with Crippen molar-refractivity contribution in [1.29, 1.82) is 5.41 Å². The van der Waals surface area contributed by atoms with Crippen molar-refractivity contribution in [2.24, 2.45) is 0 Å². The number of benzene rings is 3. The number of nitrogens with one attached hydrogen (secondary N) is 1. The van der Waals surface area contributed by atoms with Crippen molar-refractivity contribution in [2.75, 3.05) is 4.90 Å². The predicted octanol–water partition coefficient (Wildman–Crippen LogP) is 6.90. The molecule has 4 nitrogen and oxygen atoms in total. The first-order valence-corrected chi connectivity index (χ1v) is 11.4. The standard InChI is InChI=1S/C28H23ClN2O2/c29-20-16-14-18(15-17-20)24-25-22(12-7-13-23(25)32)31(21-10-5-2-6-11-21)28(30)26(24)27(33)19-8-3-1-4-9-19/h1-6,8-11,14-17,24,30,33H,7,12-13H2/b27-26+,30-28?/t24-/m0/s1. The van der Waals surface area contributed by atoms with Crippen molar-refractivity contribution in [2.45, 2.75) is 25.2 Å². The van der Waals surface area contributed by atoms with E-state index in [1.807, 2.05) is 77.7 Å². The molecule has 0 saturated carbocycles. The number of rotatable bonds is 3. The van der Waals surface area contributed by atoms with E-state index in [1.54, 1.807) is 12.1 Å². The van der Waals surface area contributed by atoms with E-state index < -0.39 is 5.92 Å². The van der Waals surface area contributed by atoms with Gasteiger partial charge in [0.1, 0.15) is 11.6 Å². The van der Waals surface area contributed by atoms with E-state index in [1.165, 1.54) is 0 Å². The van der Waals surface area contributed by atoms with Crippen LogP contribution in [-0.2, 0) is 4.79 Å². The highest BCUT2D eigenvalue weighted by Crippen LogP contribution is 2.47. The van der Waals surface area contributed by atoms with Crippen molar-refractivity contribution in [3.63, 3.8) is 0 Å². The minimum atomic E-state index is -0.544. The zero-order chi connectivity index (χ0) is 22.9. The fraction of sp³-hybridized carbons (Fsp3) is 0.143. The highest BCUT2D eigenvalue weighted by atomic mass is 35.5. The highest BCUT2D eigenvalue weighted by Gasteiger charge is 2.43. The Kier molecular flexibility index (Phi) is 5.61. The Morgan fingerprint density at radius 1 is 0.909 bits per heavy atom. The normalized spacial score (nSPS) is 20.0. The number of para-hydroxylation sites is 1. The van der Waals surface area contributed by atoms with Crippen molar-refractivity contribution in [3.05, 3.63) is 118 Å². The summed E-state index contributed by atoms with van der Waals surface area (Å²) in [7, 11) is 0. The maximum Gasteiger partial charge on any atom is 0.161 e. The van der Waals surface area contributed by atoms with Gasteiger partial charge in [0.05, 0.1) is 0 Å². The molecule has 3 aromatic carbocycles. The molecule has 0 bridgehead atoms. The fourth-order valence-corrected chi connectivity index (χ4v) is 4.92. The maximum absolute atomic E-state index is 13.4. The first kappa shape index (κ1) is 21.2. The lowest BCUT2D eigenvalue weighted by Crippen LogP contribution is -2.42. The Balaban J connectivity index is 1.83. The molecule has 1 aliphatic carbocycles. The van der Waals surface area contributed by atoms with Crippen molar-refractivity contribution in [3.8, 4) is 0 Å². The van der Waals surface area contributed by atoms with Gasteiger partial charge in [0.25, 0.3) is 0 Å². The molecule has 5 rings (SSSR count). The molecule has 0 radical (unpaired) electrons. The second-order valence-electron chi connectivity index (χ2n) is 8.27. The molecule has 33 heavy (non-hydrogen) atoms. The second kappa shape index (κ2) is 8.72. The molecule has 3 aromatic rings. The zero-order valence-electron chi connectivity index (χ0n) is 18.0. The van der Waals surface area contributed by atoms with Gasteiger partial charge in [-0.1, -0.05) is 72.3 Å². The highest BCUT2D eigenvalue weighted by molar-refractivity contribution is 6.30. The summed E-state index contributed by atoms with van der Waals surface area (Å²) in [6.07, 6.45) is 1.89. The average Bonchev–Trinajstić information content (AvgIpc) is 2.85. The van der Waals surface area contributed by atoms with Gasteiger partial charge in [-0.15, -0.1) is 0 Å². The zero-order valence-corrected chi connectivity index (χ0v) is 18.7. The molecule has 5 heteroatoms. The SMILES string of the molecule is N=C1/C(=C(/O)c2ccccc2)[C@@H](c2ccc(Cl)cc2)C2=C(CCCC2=O)N1c1ccccc1. The Hall–Kier alpha value is -3.63. The lowest BCUT2D eigenvalue weighted by atomic mass is 9.73. The number of Topliss-reactive ketones (excluding diaryl/α,β-unsaturated/α-hetero) is 1. The van der Waals surface area contributed by atoms with Crippen molar-refractivity contribution < 1.29 is 9.90 Å². The maximum atomic E-state index is 13.4. The van der Waals surface area contributed by atoms with E-state index in [2.05, 4.69) is 0 Å². The predicted molar refractivity (Wildman–Crippen MR) is 133 cm³/mol. The van der Waals surface area contributed by atoms with Gasteiger partial charge in [-0.05, 0) is 42.7 Å². The van der Waals surface area contributed by atoms with Gasteiger partial charge >= 0.3 is 0 Å². The number of halogens is 1. The van der Waals surface area contributed by atoms with Crippen LogP contribution in [0, 0.1) is 5.41 Å². The summed E-state index contributed by atoms with van der Waals surface area (Å²) in [6.45, 7) is 0. The smallest absolute Gasteiger partial charge is 0.161 e. The van der Waals surface area contributed by atoms with E-state index >= 15 is 0 Å². The quantitative estimate of drug-likeness (QED) is 0.423. The number of aliphatic hydroxyl groups excluding tert-OH is 1. The minimum absolute atomic E-state index is 0.00593. The summed E-state index contributed by atoms with van der Waals surface area (Å²) in [5.41, 5.74) is 4.15. The van der Waals surface area contributed by atoms with Crippen LogP contribution in [0.1, 0.15) is 36.3 Å². The van der Waals surface area contributed by atoms with E-state index in [0.717, 1.165) is 23.4 Å². The Bertz CT molecular complexity index is 1280. The number of allylic oxidation sites excluding steroid dienone is 2. The van der Waals surface area contributed by atoms with E-state index in [4.69, 9.17) is 11.6 Å². The molecular weight excluding hydrogens is 432 g/mol. The Morgan fingerprint density at radius 2 is 1.55 bits per heavy atom. The molecule has 0 saturated heterocycles. The van der Waals surface area contributed by atoms with Gasteiger partial charge in [-0.3, -0.25) is 15.1 Å². The lowest BCUT2D eigenvalue weighted by molar-refractivity contribution is -0.116. The number of carbonyl (C=O) groups is 1. The minimum Gasteiger partial charge on any atom is -0.507 e. The molecular formula is C28H23ClN2O2. The number of amidine groups is 1. The van der Waals surface area contributed by atoms with Crippen LogP contribution in [0.25, 0.3) is 5.76 Å². The molecule has 2 aliphatic rings.